The van der Waals surface area contributed by atoms with E-state index in [4.69, 9.17) is 0 Å². The lowest BCUT2D eigenvalue weighted by atomic mass is 10.0. The number of hydrogen-bond donors (Lipinski definition) is 1. The molecule has 3 rings (SSSR count). The number of benzene rings is 2. The molecule has 1 aliphatic heterocycles. The number of anilines is 1. The van der Waals surface area contributed by atoms with Crippen molar-refractivity contribution in [1.29, 1.82) is 0 Å². The molecule has 1 unspecified atom stereocenters. The number of hydrogen-bond acceptors (Lipinski definition) is 3. The molecule has 0 amide bonds. The van der Waals surface area contributed by atoms with Crippen molar-refractivity contribution < 1.29 is 12.8 Å². The zero-order chi connectivity index (χ0) is 15.0. The molecule has 3 nitrogen and oxygen atoms in total. The Morgan fingerprint density at radius 3 is 2.71 bits per heavy atom. The first kappa shape index (κ1) is 14.1. The number of aryl methyl sites for hydroxylation is 1. The summed E-state index contributed by atoms with van der Waals surface area (Å²) in [5.41, 5.74) is 1.97. The molecule has 21 heavy (non-hydrogen) atoms. The first-order valence-electron chi connectivity index (χ1n) is 6.82. The van der Waals surface area contributed by atoms with Crippen LogP contribution in [-0.2, 0) is 9.84 Å². The highest BCUT2D eigenvalue weighted by atomic mass is 32.2. The quantitative estimate of drug-likeness (QED) is 0.924. The Morgan fingerprint density at radius 1 is 1.19 bits per heavy atom. The third kappa shape index (κ3) is 2.65. The van der Waals surface area contributed by atoms with Gasteiger partial charge < -0.3 is 5.32 Å². The van der Waals surface area contributed by atoms with Gasteiger partial charge in [0.1, 0.15) is 5.82 Å². The maximum Gasteiger partial charge on any atom is 0.178 e. The molecular weight excluding hydrogens is 289 g/mol. The Labute approximate surface area is 123 Å². The fraction of sp³-hybridized carbons (Fsp3) is 0.250. The minimum absolute atomic E-state index is 0.0785. The van der Waals surface area contributed by atoms with Crippen LogP contribution < -0.4 is 5.32 Å². The van der Waals surface area contributed by atoms with Crippen molar-refractivity contribution >= 4 is 15.5 Å². The normalized spacial score (nSPS) is 19.8. The lowest BCUT2D eigenvalue weighted by Gasteiger charge is -2.27. The van der Waals surface area contributed by atoms with Gasteiger partial charge in [0.05, 0.1) is 22.4 Å². The Kier molecular flexibility index (Phi) is 3.45. The fourth-order valence-electron chi connectivity index (χ4n) is 2.66. The van der Waals surface area contributed by atoms with E-state index in [1.807, 2.05) is 13.0 Å². The summed E-state index contributed by atoms with van der Waals surface area (Å²) in [5, 5.41) is 3.13. The Balaban J connectivity index is 1.97. The van der Waals surface area contributed by atoms with E-state index < -0.39 is 9.84 Å². The van der Waals surface area contributed by atoms with Gasteiger partial charge in [0.15, 0.2) is 9.84 Å². The van der Waals surface area contributed by atoms with E-state index in [-0.39, 0.29) is 17.6 Å². The van der Waals surface area contributed by atoms with Crippen molar-refractivity contribution in [1.82, 2.24) is 0 Å². The smallest absolute Gasteiger partial charge is 0.178 e. The second kappa shape index (κ2) is 5.15. The molecule has 0 saturated heterocycles. The first-order chi connectivity index (χ1) is 9.97. The summed E-state index contributed by atoms with van der Waals surface area (Å²) < 4.78 is 38.1. The summed E-state index contributed by atoms with van der Waals surface area (Å²) in [7, 11) is -3.22. The second-order valence-corrected chi connectivity index (χ2v) is 7.40. The molecule has 1 N–H and O–H groups in total. The molecule has 0 bridgehead atoms. The standard InChI is InChI=1S/C16H16FNO2S/c1-11-6-7-15(13(17)10-11)18-14-8-9-21(19,20)16-5-3-2-4-12(14)16/h2-7,10,14,18H,8-9H2,1H3. The highest BCUT2D eigenvalue weighted by Crippen LogP contribution is 2.34. The zero-order valence-electron chi connectivity index (χ0n) is 11.6. The number of nitrogens with one attached hydrogen (secondary N) is 1. The van der Waals surface area contributed by atoms with Crippen LogP contribution >= 0.6 is 0 Å². The number of sulfone groups is 1. The van der Waals surface area contributed by atoms with Gasteiger partial charge in [0, 0.05) is 0 Å². The number of fused-ring (bicyclic) bond motifs is 1. The minimum atomic E-state index is -3.22. The number of rotatable bonds is 2. The van der Waals surface area contributed by atoms with Crippen LogP contribution in [-0.4, -0.2) is 14.2 Å². The predicted octanol–water partition coefficient (Wildman–Crippen LogP) is 3.46. The van der Waals surface area contributed by atoms with Crippen LogP contribution in [0.5, 0.6) is 0 Å². The monoisotopic (exact) mass is 305 g/mol. The third-order valence-corrected chi connectivity index (χ3v) is 5.57. The third-order valence-electron chi connectivity index (χ3n) is 3.76. The molecule has 0 saturated carbocycles. The van der Waals surface area contributed by atoms with Gasteiger partial charge in [-0.2, -0.15) is 0 Å². The van der Waals surface area contributed by atoms with Gasteiger partial charge in [-0.25, -0.2) is 12.8 Å². The van der Waals surface area contributed by atoms with E-state index in [0.29, 0.717) is 22.6 Å². The lowest BCUT2D eigenvalue weighted by Crippen LogP contribution is -2.24. The summed E-state index contributed by atoms with van der Waals surface area (Å²) in [4.78, 5) is 0.348. The average Bonchev–Trinajstić information content (AvgIpc) is 2.45. The molecule has 0 spiro atoms. The van der Waals surface area contributed by atoms with Gasteiger partial charge in [0.25, 0.3) is 0 Å². The van der Waals surface area contributed by atoms with Crippen LogP contribution in [0.15, 0.2) is 47.4 Å². The molecule has 2 aromatic rings. The molecule has 110 valence electrons. The predicted molar refractivity (Wildman–Crippen MR) is 80.6 cm³/mol. The summed E-state index contributed by atoms with van der Waals surface area (Å²) in [5.74, 6) is -0.240. The second-order valence-electron chi connectivity index (χ2n) is 5.33. The van der Waals surface area contributed by atoms with Crippen LogP contribution in [0.1, 0.15) is 23.6 Å². The lowest BCUT2D eigenvalue weighted by molar-refractivity contribution is 0.574. The van der Waals surface area contributed by atoms with E-state index in [0.717, 1.165) is 5.56 Å². The summed E-state index contributed by atoms with van der Waals surface area (Å²) in [6.45, 7) is 1.83. The van der Waals surface area contributed by atoms with Gasteiger partial charge in [-0.3, -0.25) is 0 Å². The summed E-state index contributed by atoms with van der Waals surface area (Å²) >= 11 is 0. The number of halogens is 1. The zero-order valence-corrected chi connectivity index (χ0v) is 12.5. The van der Waals surface area contributed by atoms with Crippen molar-refractivity contribution in [2.45, 2.75) is 24.3 Å². The van der Waals surface area contributed by atoms with Crippen LogP contribution in [0.4, 0.5) is 10.1 Å². The molecule has 0 radical (unpaired) electrons. The van der Waals surface area contributed by atoms with Gasteiger partial charge in [-0.1, -0.05) is 24.3 Å². The maximum atomic E-state index is 14.0. The van der Waals surface area contributed by atoms with Gasteiger partial charge in [-0.15, -0.1) is 0 Å². The largest absolute Gasteiger partial charge is 0.376 e. The van der Waals surface area contributed by atoms with Crippen molar-refractivity contribution in [3.63, 3.8) is 0 Å². The van der Waals surface area contributed by atoms with Crippen LogP contribution in [0.3, 0.4) is 0 Å². The van der Waals surface area contributed by atoms with Crippen LogP contribution in [0.25, 0.3) is 0 Å². The molecule has 5 heteroatoms. The van der Waals surface area contributed by atoms with Crippen LogP contribution in [0, 0.1) is 12.7 Å². The highest BCUT2D eigenvalue weighted by Gasteiger charge is 2.30. The maximum absolute atomic E-state index is 14.0. The Morgan fingerprint density at radius 2 is 1.95 bits per heavy atom. The average molecular weight is 305 g/mol. The van der Waals surface area contributed by atoms with Crippen molar-refractivity contribution in [3.05, 3.63) is 59.4 Å². The van der Waals surface area contributed by atoms with E-state index in [1.165, 1.54) is 6.07 Å². The summed E-state index contributed by atoms with van der Waals surface area (Å²) in [6.07, 6.45) is 0.437. The van der Waals surface area contributed by atoms with Gasteiger partial charge in [0.2, 0.25) is 0 Å². The summed E-state index contributed by atoms with van der Waals surface area (Å²) in [6, 6.07) is 11.7. The van der Waals surface area contributed by atoms with Crippen molar-refractivity contribution in [2.24, 2.45) is 0 Å². The van der Waals surface area contributed by atoms with Gasteiger partial charge in [-0.05, 0) is 42.7 Å². The Hall–Kier alpha value is -1.88. The van der Waals surface area contributed by atoms with Gasteiger partial charge >= 0.3 is 0 Å². The van der Waals surface area contributed by atoms with E-state index >= 15 is 0 Å². The topological polar surface area (TPSA) is 46.2 Å². The molecule has 2 aromatic carbocycles. The molecule has 0 aromatic heterocycles. The van der Waals surface area contributed by atoms with E-state index in [2.05, 4.69) is 5.32 Å². The van der Waals surface area contributed by atoms with Crippen molar-refractivity contribution in [2.75, 3.05) is 11.1 Å². The highest BCUT2D eigenvalue weighted by molar-refractivity contribution is 7.91. The SMILES string of the molecule is Cc1ccc(NC2CCS(=O)(=O)c3ccccc32)c(F)c1. The van der Waals surface area contributed by atoms with E-state index in [1.54, 1.807) is 30.3 Å². The first-order valence-corrected chi connectivity index (χ1v) is 8.47. The molecule has 1 aliphatic rings. The van der Waals surface area contributed by atoms with Crippen LogP contribution in [0.2, 0.25) is 0 Å². The molecular formula is C16H16FNO2S. The molecule has 1 atom stereocenters. The Bertz CT molecular complexity index is 787. The van der Waals surface area contributed by atoms with Crippen molar-refractivity contribution in [3.8, 4) is 0 Å². The molecule has 0 fully saturated rings. The minimum Gasteiger partial charge on any atom is -0.376 e. The fourth-order valence-corrected chi connectivity index (χ4v) is 4.29. The molecule has 1 heterocycles. The molecule has 0 aliphatic carbocycles. The van der Waals surface area contributed by atoms with E-state index in [9.17, 15) is 12.8 Å².